The molecule has 1 aliphatic heterocycles. The molecule has 1 aliphatic rings. The maximum absolute atomic E-state index is 12.4. The van der Waals surface area contributed by atoms with Crippen LogP contribution in [0.15, 0.2) is 36.4 Å². The van der Waals surface area contributed by atoms with Gasteiger partial charge in [0.05, 0.1) is 30.9 Å². The van der Waals surface area contributed by atoms with Crippen molar-refractivity contribution in [2.24, 2.45) is 0 Å². The Bertz CT molecular complexity index is 845. The van der Waals surface area contributed by atoms with Crippen LogP contribution in [0.5, 0.6) is 11.5 Å². The second kappa shape index (κ2) is 6.87. The Morgan fingerprint density at radius 2 is 1.46 bits per heavy atom. The number of nitrogens with zero attached hydrogens (tertiary/aromatic N) is 1. The summed E-state index contributed by atoms with van der Waals surface area (Å²) >= 11 is 0. The number of hydrogen-bond acceptors (Lipinski definition) is 6. The lowest BCUT2D eigenvalue weighted by Crippen LogP contribution is -2.33. The molecule has 0 aliphatic carbocycles. The number of amides is 2. The van der Waals surface area contributed by atoms with Gasteiger partial charge in [0.15, 0.2) is 6.73 Å². The highest BCUT2D eigenvalue weighted by atomic mass is 16.5. The number of fused-ring (bicyclic) bond motifs is 1. The molecule has 3 rings (SSSR count). The largest absolute Gasteiger partial charge is 0.496 e. The number of carbonyl (C=O) groups is 3. The Morgan fingerprint density at radius 1 is 0.962 bits per heavy atom. The van der Waals surface area contributed by atoms with Crippen molar-refractivity contribution < 1.29 is 28.6 Å². The van der Waals surface area contributed by atoms with E-state index in [4.69, 9.17) is 14.2 Å². The molecule has 0 saturated heterocycles. The highest BCUT2D eigenvalue weighted by Crippen LogP contribution is 2.30. The van der Waals surface area contributed by atoms with Crippen molar-refractivity contribution in [1.29, 1.82) is 0 Å². The van der Waals surface area contributed by atoms with E-state index >= 15 is 0 Å². The molecule has 7 nitrogen and oxygen atoms in total. The molecule has 0 unspecified atom stereocenters. The van der Waals surface area contributed by atoms with Crippen LogP contribution in [-0.4, -0.2) is 43.6 Å². The van der Waals surface area contributed by atoms with Gasteiger partial charge in [0.1, 0.15) is 11.5 Å². The number of carbonyl (C=O) groups excluding carboxylic acids is 3. The van der Waals surface area contributed by atoms with E-state index in [-0.39, 0.29) is 5.56 Å². The zero-order valence-electron chi connectivity index (χ0n) is 14.6. The first-order chi connectivity index (χ1) is 12.5. The molecule has 1 heterocycles. The van der Waals surface area contributed by atoms with Crippen LogP contribution in [0.4, 0.5) is 0 Å². The number of imide groups is 1. The molecule has 7 heteroatoms. The third-order valence-corrected chi connectivity index (χ3v) is 4.19. The lowest BCUT2D eigenvalue weighted by molar-refractivity contribution is 0.0227. The molecule has 0 fully saturated rings. The Labute approximate surface area is 150 Å². The van der Waals surface area contributed by atoms with Crippen LogP contribution in [0.2, 0.25) is 0 Å². The van der Waals surface area contributed by atoms with Crippen LogP contribution in [-0.2, 0) is 4.74 Å². The van der Waals surface area contributed by atoms with Crippen LogP contribution in [0.25, 0.3) is 0 Å². The predicted octanol–water partition coefficient (Wildman–Crippen LogP) is 2.42. The summed E-state index contributed by atoms with van der Waals surface area (Å²) in [6.45, 7) is 1.33. The fraction of sp³-hybridized carbons (Fsp3) is 0.211. The van der Waals surface area contributed by atoms with E-state index in [1.807, 2.05) is 0 Å². The summed E-state index contributed by atoms with van der Waals surface area (Å²) in [5.41, 5.74) is 1.53. The standard InChI is InChI=1S/C19H17NO6/c1-11-15(24-2)8-12(9-16(11)25-3)19(23)26-10-20-17(21)13-6-4-5-7-14(13)18(20)22/h4-9H,10H2,1-3H3. The van der Waals surface area contributed by atoms with Gasteiger partial charge in [-0.25, -0.2) is 9.69 Å². The number of ether oxygens (including phenoxy) is 3. The molecule has 134 valence electrons. The molecule has 26 heavy (non-hydrogen) atoms. The Hall–Kier alpha value is -3.35. The summed E-state index contributed by atoms with van der Waals surface area (Å²) in [7, 11) is 2.96. The summed E-state index contributed by atoms with van der Waals surface area (Å²) in [4.78, 5) is 37.8. The molecule has 0 spiro atoms. The summed E-state index contributed by atoms with van der Waals surface area (Å²) in [6, 6.07) is 9.50. The smallest absolute Gasteiger partial charge is 0.340 e. The second-order valence-electron chi connectivity index (χ2n) is 5.65. The number of benzene rings is 2. The second-order valence-corrected chi connectivity index (χ2v) is 5.65. The van der Waals surface area contributed by atoms with Crippen molar-refractivity contribution >= 4 is 17.8 Å². The molecule has 0 saturated carbocycles. The molecule has 2 aromatic rings. The van der Waals surface area contributed by atoms with Gasteiger partial charge in [-0.15, -0.1) is 0 Å². The van der Waals surface area contributed by atoms with Gasteiger partial charge in [0, 0.05) is 5.56 Å². The van der Waals surface area contributed by atoms with Gasteiger partial charge in [-0.1, -0.05) is 12.1 Å². The zero-order chi connectivity index (χ0) is 18.8. The van der Waals surface area contributed by atoms with Gasteiger partial charge in [-0.3, -0.25) is 9.59 Å². The van der Waals surface area contributed by atoms with E-state index < -0.39 is 24.5 Å². The first kappa shape index (κ1) is 17.5. The van der Waals surface area contributed by atoms with Gasteiger partial charge >= 0.3 is 5.97 Å². The van der Waals surface area contributed by atoms with Gasteiger partial charge in [-0.05, 0) is 31.2 Å². The Kier molecular flexibility index (Phi) is 4.62. The normalized spacial score (nSPS) is 12.8. The number of hydrogen-bond donors (Lipinski definition) is 0. The first-order valence-corrected chi connectivity index (χ1v) is 7.83. The van der Waals surface area contributed by atoms with Crippen LogP contribution in [0.3, 0.4) is 0 Å². The van der Waals surface area contributed by atoms with Crippen LogP contribution in [0.1, 0.15) is 36.6 Å². The highest BCUT2D eigenvalue weighted by Gasteiger charge is 2.35. The fourth-order valence-electron chi connectivity index (χ4n) is 2.77. The Morgan fingerprint density at radius 3 is 1.92 bits per heavy atom. The van der Waals surface area contributed by atoms with E-state index in [9.17, 15) is 14.4 Å². The zero-order valence-corrected chi connectivity index (χ0v) is 14.6. The SMILES string of the molecule is COc1cc(C(=O)OCN2C(=O)c3ccccc3C2=O)cc(OC)c1C. The Balaban J connectivity index is 1.76. The summed E-state index contributed by atoms with van der Waals surface area (Å²) in [6.07, 6.45) is 0. The van der Waals surface area contributed by atoms with Crippen LogP contribution < -0.4 is 9.47 Å². The van der Waals surface area contributed by atoms with E-state index in [2.05, 4.69) is 0 Å². The topological polar surface area (TPSA) is 82.1 Å². The van der Waals surface area contributed by atoms with Crippen molar-refractivity contribution in [3.05, 3.63) is 58.7 Å². The minimum Gasteiger partial charge on any atom is -0.496 e. The van der Waals surface area contributed by atoms with Crippen LogP contribution >= 0.6 is 0 Å². The number of rotatable bonds is 5. The maximum atomic E-state index is 12.4. The highest BCUT2D eigenvalue weighted by molar-refractivity contribution is 6.21. The fourth-order valence-corrected chi connectivity index (χ4v) is 2.77. The van der Waals surface area contributed by atoms with Crippen molar-refractivity contribution in [3.63, 3.8) is 0 Å². The van der Waals surface area contributed by atoms with Gasteiger partial charge in [0.2, 0.25) is 0 Å². The van der Waals surface area contributed by atoms with Crippen molar-refractivity contribution in [1.82, 2.24) is 4.90 Å². The molecular formula is C19H17NO6. The predicted molar refractivity (Wildman–Crippen MR) is 91.5 cm³/mol. The molecule has 0 radical (unpaired) electrons. The molecule has 2 aromatic carbocycles. The van der Waals surface area contributed by atoms with Crippen LogP contribution in [0, 0.1) is 6.92 Å². The van der Waals surface area contributed by atoms with Gasteiger partial charge in [-0.2, -0.15) is 0 Å². The minimum atomic E-state index is -0.696. The third kappa shape index (κ3) is 2.88. The number of methoxy groups -OCH3 is 2. The molecular weight excluding hydrogens is 338 g/mol. The van der Waals surface area contributed by atoms with E-state index in [1.165, 1.54) is 26.4 Å². The average molecular weight is 355 g/mol. The molecule has 2 amide bonds. The average Bonchev–Trinajstić information content (AvgIpc) is 2.90. The van der Waals surface area contributed by atoms with Crippen molar-refractivity contribution in [3.8, 4) is 11.5 Å². The van der Waals surface area contributed by atoms with E-state index in [0.717, 1.165) is 10.5 Å². The maximum Gasteiger partial charge on any atom is 0.340 e. The monoisotopic (exact) mass is 355 g/mol. The van der Waals surface area contributed by atoms with Crippen molar-refractivity contribution in [2.75, 3.05) is 21.0 Å². The lowest BCUT2D eigenvalue weighted by Gasteiger charge is -2.15. The molecule has 0 bridgehead atoms. The third-order valence-electron chi connectivity index (χ3n) is 4.19. The van der Waals surface area contributed by atoms with Gasteiger partial charge in [0.25, 0.3) is 11.8 Å². The molecule has 0 N–H and O–H groups in total. The molecule has 0 atom stereocenters. The molecule has 0 aromatic heterocycles. The summed E-state index contributed by atoms with van der Waals surface area (Å²) in [5, 5.41) is 0. The minimum absolute atomic E-state index is 0.195. The lowest BCUT2D eigenvalue weighted by atomic mass is 10.1. The van der Waals surface area contributed by atoms with E-state index in [0.29, 0.717) is 22.6 Å². The van der Waals surface area contributed by atoms with Gasteiger partial charge < -0.3 is 14.2 Å². The van der Waals surface area contributed by atoms with E-state index in [1.54, 1.807) is 31.2 Å². The summed E-state index contributed by atoms with van der Waals surface area (Å²) in [5.74, 6) is -0.734. The first-order valence-electron chi connectivity index (χ1n) is 7.83. The van der Waals surface area contributed by atoms with Crippen molar-refractivity contribution in [2.45, 2.75) is 6.92 Å². The number of esters is 1. The summed E-state index contributed by atoms with van der Waals surface area (Å²) < 4.78 is 15.6. The quantitative estimate of drug-likeness (QED) is 0.605.